The largest absolute Gasteiger partial charge is 0.368 e. The third-order valence-corrected chi connectivity index (χ3v) is 4.76. The number of aliphatic hydroxyl groups is 1. The van der Waals surface area contributed by atoms with Gasteiger partial charge in [0.25, 0.3) is 5.69 Å². The number of non-ortho nitro benzene ring substituents is 1. The van der Waals surface area contributed by atoms with Gasteiger partial charge < -0.3 is 5.11 Å². The van der Waals surface area contributed by atoms with Crippen LogP contribution in [0.25, 0.3) is 0 Å². The van der Waals surface area contributed by atoms with Crippen LogP contribution < -0.4 is 4.90 Å². The molecule has 2 heterocycles. The molecule has 1 N–H and O–H groups in total. The van der Waals surface area contributed by atoms with Gasteiger partial charge in [0.05, 0.1) is 28.6 Å². The van der Waals surface area contributed by atoms with Crippen LogP contribution in [0.1, 0.15) is 18.1 Å². The number of halogens is 1. The van der Waals surface area contributed by atoms with E-state index in [4.69, 9.17) is 11.6 Å². The van der Waals surface area contributed by atoms with Crippen LogP contribution in [0.4, 0.5) is 11.4 Å². The van der Waals surface area contributed by atoms with Gasteiger partial charge in [0, 0.05) is 28.3 Å². The molecular weight excluding hydrogens is 370 g/mol. The normalized spacial score (nSPS) is 18.6. The lowest BCUT2D eigenvalue weighted by molar-refractivity contribution is -0.384. The summed E-state index contributed by atoms with van der Waals surface area (Å²) in [5.41, 5.74) is 2.54. The number of benzene rings is 2. The molecule has 2 aliphatic rings. The summed E-state index contributed by atoms with van der Waals surface area (Å²) in [5, 5.41) is 30.6. The standard InChI is InChI=1S/C18H14ClN5O3/c1-10-18(25)23-15-7-6-11(24(26)27)8-13(15)17(20-9-16(23)22-21-10)12-4-2-3-5-14(12)19/h2-8,18,25H,9H2,1H3. The second kappa shape index (κ2) is 6.57. The van der Waals surface area contributed by atoms with E-state index in [-0.39, 0.29) is 12.2 Å². The summed E-state index contributed by atoms with van der Waals surface area (Å²) in [6, 6.07) is 11.6. The number of hydrogen-bond acceptors (Lipinski definition) is 7. The molecule has 0 spiro atoms. The predicted octanol–water partition coefficient (Wildman–Crippen LogP) is 3.01. The molecule has 136 valence electrons. The fraction of sp³-hybridized carbons (Fsp3) is 0.167. The Hall–Kier alpha value is -3.10. The Morgan fingerprint density at radius 2 is 2.00 bits per heavy atom. The molecule has 27 heavy (non-hydrogen) atoms. The smallest absolute Gasteiger partial charge is 0.270 e. The zero-order chi connectivity index (χ0) is 19.1. The molecule has 2 aliphatic heterocycles. The van der Waals surface area contributed by atoms with E-state index in [1.165, 1.54) is 12.1 Å². The predicted molar refractivity (Wildman–Crippen MR) is 104 cm³/mol. The number of nitro benzene ring substituents is 1. The van der Waals surface area contributed by atoms with Crippen LogP contribution in [0, 0.1) is 10.1 Å². The average molecular weight is 384 g/mol. The first-order valence-corrected chi connectivity index (χ1v) is 8.51. The molecule has 0 fully saturated rings. The maximum absolute atomic E-state index is 11.3. The summed E-state index contributed by atoms with van der Waals surface area (Å²) >= 11 is 6.35. The van der Waals surface area contributed by atoms with Crippen molar-refractivity contribution in [2.45, 2.75) is 13.2 Å². The second-order valence-electron chi connectivity index (χ2n) is 6.10. The van der Waals surface area contributed by atoms with Crippen LogP contribution in [0.2, 0.25) is 5.02 Å². The van der Waals surface area contributed by atoms with Crippen molar-refractivity contribution in [3.63, 3.8) is 0 Å². The van der Waals surface area contributed by atoms with Gasteiger partial charge >= 0.3 is 0 Å². The number of rotatable bonds is 2. The van der Waals surface area contributed by atoms with E-state index in [9.17, 15) is 15.2 Å². The molecule has 0 radical (unpaired) electrons. The summed E-state index contributed by atoms with van der Waals surface area (Å²) in [4.78, 5) is 17.0. The minimum Gasteiger partial charge on any atom is -0.368 e. The van der Waals surface area contributed by atoms with E-state index < -0.39 is 11.2 Å². The zero-order valence-electron chi connectivity index (χ0n) is 14.2. The van der Waals surface area contributed by atoms with Crippen molar-refractivity contribution in [3.8, 4) is 0 Å². The summed E-state index contributed by atoms with van der Waals surface area (Å²) < 4.78 is 0. The molecule has 0 aliphatic carbocycles. The maximum atomic E-state index is 11.3. The van der Waals surface area contributed by atoms with E-state index in [0.29, 0.717) is 39.1 Å². The summed E-state index contributed by atoms with van der Waals surface area (Å²) in [6.45, 7) is 1.81. The van der Waals surface area contributed by atoms with Gasteiger partial charge in [-0.25, -0.2) is 0 Å². The van der Waals surface area contributed by atoms with Crippen molar-refractivity contribution < 1.29 is 10.0 Å². The Labute approximate surface area is 159 Å². The number of aliphatic imine (C=N–C) groups is 1. The second-order valence-corrected chi connectivity index (χ2v) is 6.51. The lowest BCUT2D eigenvalue weighted by Crippen LogP contribution is -2.47. The summed E-state index contributed by atoms with van der Waals surface area (Å²) in [7, 11) is 0. The molecule has 1 unspecified atom stereocenters. The Morgan fingerprint density at radius 3 is 2.74 bits per heavy atom. The van der Waals surface area contributed by atoms with Crippen LogP contribution in [-0.2, 0) is 0 Å². The lowest BCUT2D eigenvalue weighted by atomic mass is 9.99. The number of hydrogen-bond donors (Lipinski definition) is 1. The minimum absolute atomic E-state index is 0.0780. The van der Waals surface area contributed by atoms with Gasteiger partial charge in [0.2, 0.25) is 0 Å². The maximum Gasteiger partial charge on any atom is 0.270 e. The Balaban J connectivity index is 1.98. The average Bonchev–Trinajstić information content (AvgIpc) is 2.82. The molecule has 0 amide bonds. The van der Waals surface area contributed by atoms with Crippen LogP contribution in [0.15, 0.2) is 57.7 Å². The van der Waals surface area contributed by atoms with Gasteiger partial charge in [-0.15, -0.1) is 5.10 Å². The number of nitrogens with zero attached hydrogens (tertiary/aromatic N) is 5. The van der Waals surface area contributed by atoms with Crippen molar-refractivity contribution in [1.82, 2.24) is 0 Å². The Morgan fingerprint density at radius 1 is 1.22 bits per heavy atom. The van der Waals surface area contributed by atoms with Crippen molar-refractivity contribution in [1.29, 1.82) is 0 Å². The summed E-state index contributed by atoms with van der Waals surface area (Å²) in [5.74, 6) is 0.449. The van der Waals surface area contributed by atoms with Crippen LogP contribution in [0.3, 0.4) is 0 Å². The number of aliphatic hydroxyl groups excluding tert-OH is 1. The first-order valence-electron chi connectivity index (χ1n) is 8.14. The van der Waals surface area contributed by atoms with Crippen molar-refractivity contribution in [2.75, 3.05) is 11.4 Å². The molecule has 0 aromatic heterocycles. The Bertz CT molecular complexity index is 1050. The third kappa shape index (κ3) is 2.88. The first-order chi connectivity index (χ1) is 13.0. The fourth-order valence-electron chi connectivity index (χ4n) is 3.10. The van der Waals surface area contributed by atoms with E-state index in [1.54, 1.807) is 36.1 Å². The highest BCUT2D eigenvalue weighted by atomic mass is 35.5. The van der Waals surface area contributed by atoms with E-state index in [2.05, 4.69) is 15.2 Å². The topological polar surface area (TPSA) is 104 Å². The van der Waals surface area contributed by atoms with E-state index >= 15 is 0 Å². The molecule has 1 atom stereocenters. The summed E-state index contributed by atoms with van der Waals surface area (Å²) in [6.07, 6.45) is -1.03. The Kier molecular flexibility index (Phi) is 4.21. The van der Waals surface area contributed by atoms with Crippen LogP contribution in [0.5, 0.6) is 0 Å². The highest BCUT2D eigenvalue weighted by Gasteiger charge is 2.33. The van der Waals surface area contributed by atoms with Gasteiger partial charge in [-0.3, -0.25) is 20.0 Å². The van der Waals surface area contributed by atoms with Crippen LogP contribution in [-0.4, -0.2) is 40.1 Å². The monoisotopic (exact) mass is 383 g/mol. The highest BCUT2D eigenvalue weighted by molar-refractivity contribution is 6.36. The third-order valence-electron chi connectivity index (χ3n) is 4.43. The SMILES string of the molecule is CC1=NN=C2CN=C(c3ccccc3Cl)c3cc([N+](=O)[O-])ccc3N2C1O. The minimum atomic E-state index is -1.03. The number of nitro groups is 1. The fourth-order valence-corrected chi connectivity index (χ4v) is 3.32. The number of fused-ring (bicyclic) bond motifs is 3. The molecular formula is C18H14ClN5O3. The van der Waals surface area contributed by atoms with Crippen molar-refractivity contribution in [3.05, 3.63) is 68.7 Å². The van der Waals surface area contributed by atoms with Crippen molar-refractivity contribution in [2.24, 2.45) is 15.2 Å². The molecule has 0 bridgehead atoms. The quantitative estimate of drug-likeness (QED) is 0.635. The lowest BCUT2D eigenvalue weighted by Gasteiger charge is -2.32. The number of amidine groups is 1. The van der Waals surface area contributed by atoms with Gasteiger partial charge in [0.1, 0.15) is 0 Å². The highest BCUT2D eigenvalue weighted by Crippen LogP contribution is 2.34. The molecule has 2 aromatic rings. The molecule has 0 saturated carbocycles. The molecule has 4 rings (SSSR count). The van der Waals surface area contributed by atoms with Crippen LogP contribution >= 0.6 is 11.6 Å². The first kappa shape index (κ1) is 17.3. The van der Waals surface area contributed by atoms with Gasteiger partial charge in [-0.1, -0.05) is 29.8 Å². The van der Waals surface area contributed by atoms with E-state index in [1.807, 2.05) is 6.07 Å². The van der Waals surface area contributed by atoms with Gasteiger partial charge in [0.15, 0.2) is 12.1 Å². The molecule has 0 saturated heterocycles. The molecule has 2 aromatic carbocycles. The van der Waals surface area contributed by atoms with E-state index in [0.717, 1.165) is 0 Å². The van der Waals surface area contributed by atoms with Gasteiger partial charge in [-0.05, 0) is 19.1 Å². The van der Waals surface area contributed by atoms with Gasteiger partial charge in [-0.2, -0.15) is 5.10 Å². The zero-order valence-corrected chi connectivity index (χ0v) is 15.0. The molecule has 8 nitrogen and oxygen atoms in total. The van der Waals surface area contributed by atoms with Crippen molar-refractivity contribution >= 4 is 40.2 Å². The number of anilines is 1. The molecule has 9 heteroatoms.